The second kappa shape index (κ2) is 5.84. The number of carbonyl (C=O) groups excluding carboxylic acids is 1. The highest BCUT2D eigenvalue weighted by molar-refractivity contribution is 7.99. The van der Waals surface area contributed by atoms with E-state index >= 15 is 0 Å². The van der Waals surface area contributed by atoms with Crippen molar-refractivity contribution in [3.63, 3.8) is 0 Å². The molecule has 5 heteroatoms. The van der Waals surface area contributed by atoms with Crippen LogP contribution in [0.15, 0.2) is 24.3 Å². The predicted octanol–water partition coefficient (Wildman–Crippen LogP) is 2.08. The number of hydrogen-bond acceptors (Lipinski definition) is 4. The minimum atomic E-state index is -0.0733. The Bertz CT molecular complexity index is 439. The summed E-state index contributed by atoms with van der Waals surface area (Å²) in [6, 6.07) is 7.53. The average molecular weight is 278 g/mol. The van der Waals surface area contributed by atoms with Crippen molar-refractivity contribution < 1.29 is 9.53 Å². The summed E-state index contributed by atoms with van der Waals surface area (Å²) in [7, 11) is 0. The number of nitrogens with one attached hydrogen (secondary N) is 2. The van der Waals surface area contributed by atoms with Crippen molar-refractivity contribution in [1.82, 2.24) is 5.32 Å². The quantitative estimate of drug-likeness (QED) is 0.866. The van der Waals surface area contributed by atoms with Crippen molar-refractivity contribution in [3.05, 3.63) is 24.3 Å². The van der Waals surface area contributed by atoms with Crippen LogP contribution in [-0.4, -0.2) is 30.2 Å². The summed E-state index contributed by atoms with van der Waals surface area (Å²) in [5.74, 6) is 3.36. The maximum absolute atomic E-state index is 11.9. The maximum atomic E-state index is 11.9. The van der Waals surface area contributed by atoms with Crippen LogP contribution in [0.25, 0.3) is 0 Å². The lowest BCUT2D eigenvalue weighted by molar-refractivity contribution is -0.117. The molecule has 1 saturated heterocycles. The molecule has 2 fully saturated rings. The number of thioether (sulfide) groups is 1. The lowest BCUT2D eigenvalue weighted by Gasteiger charge is -2.11. The molecule has 1 saturated carbocycles. The number of hydrogen-bond donors (Lipinski definition) is 2. The number of rotatable bonds is 5. The van der Waals surface area contributed by atoms with Crippen LogP contribution < -0.4 is 15.4 Å². The number of amides is 1. The fourth-order valence-corrected chi connectivity index (χ4v) is 2.87. The van der Waals surface area contributed by atoms with Gasteiger partial charge in [0.15, 0.2) is 0 Å². The molecule has 2 aliphatic rings. The SMILES string of the molecule is O=C(Nc1ccc(OCC2CC2)cc1)C1CSCN1. The first-order chi connectivity index (χ1) is 9.31. The molecule has 0 aromatic heterocycles. The molecule has 1 heterocycles. The van der Waals surface area contributed by atoms with E-state index < -0.39 is 0 Å². The molecule has 3 rings (SSSR count). The first-order valence-corrected chi connectivity index (χ1v) is 7.81. The van der Waals surface area contributed by atoms with E-state index in [-0.39, 0.29) is 11.9 Å². The monoisotopic (exact) mass is 278 g/mol. The van der Waals surface area contributed by atoms with Crippen molar-refractivity contribution in [3.8, 4) is 5.75 Å². The number of carbonyl (C=O) groups is 1. The highest BCUT2D eigenvalue weighted by atomic mass is 32.2. The Labute approximate surface area is 117 Å². The van der Waals surface area contributed by atoms with E-state index in [0.29, 0.717) is 0 Å². The van der Waals surface area contributed by atoms with E-state index in [1.54, 1.807) is 11.8 Å². The lowest BCUT2D eigenvalue weighted by atomic mass is 10.2. The Morgan fingerprint density at radius 2 is 2.16 bits per heavy atom. The van der Waals surface area contributed by atoms with Gasteiger partial charge < -0.3 is 10.1 Å². The van der Waals surface area contributed by atoms with Gasteiger partial charge in [-0.2, -0.15) is 0 Å². The topological polar surface area (TPSA) is 50.4 Å². The summed E-state index contributed by atoms with van der Waals surface area (Å²) in [6.07, 6.45) is 2.58. The van der Waals surface area contributed by atoms with Crippen LogP contribution in [0, 0.1) is 5.92 Å². The van der Waals surface area contributed by atoms with Crippen LogP contribution in [0.1, 0.15) is 12.8 Å². The number of ether oxygens (including phenoxy) is 1. The summed E-state index contributed by atoms with van der Waals surface area (Å²) >= 11 is 1.75. The van der Waals surface area contributed by atoms with Gasteiger partial charge in [0.25, 0.3) is 0 Å². The molecule has 1 aliphatic carbocycles. The average Bonchev–Trinajstić information content (AvgIpc) is 3.09. The largest absolute Gasteiger partial charge is 0.493 e. The number of benzene rings is 1. The zero-order valence-electron chi connectivity index (χ0n) is 10.7. The third kappa shape index (κ3) is 3.64. The van der Waals surface area contributed by atoms with E-state index in [0.717, 1.165) is 35.6 Å². The Kier molecular flexibility index (Phi) is 3.94. The van der Waals surface area contributed by atoms with Crippen LogP contribution >= 0.6 is 11.8 Å². The molecule has 4 nitrogen and oxygen atoms in total. The van der Waals surface area contributed by atoms with Crippen LogP contribution in [0.3, 0.4) is 0 Å². The standard InChI is InChI=1S/C14H18N2O2S/c17-14(13-8-19-9-15-13)16-11-3-5-12(6-4-11)18-7-10-1-2-10/h3-6,10,13,15H,1-2,7-9H2,(H,16,17). The van der Waals surface area contributed by atoms with Crippen molar-refractivity contribution in [1.29, 1.82) is 0 Å². The molecule has 0 bridgehead atoms. The summed E-state index contributed by atoms with van der Waals surface area (Å²) in [5, 5.41) is 6.07. The first kappa shape index (κ1) is 12.8. The summed E-state index contributed by atoms with van der Waals surface area (Å²) in [6.45, 7) is 0.814. The summed E-state index contributed by atoms with van der Waals surface area (Å²) in [4.78, 5) is 11.9. The smallest absolute Gasteiger partial charge is 0.242 e. The molecule has 19 heavy (non-hydrogen) atoms. The Balaban J connectivity index is 1.51. The number of anilines is 1. The maximum Gasteiger partial charge on any atom is 0.242 e. The second-order valence-electron chi connectivity index (χ2n) is 5.04. The van der Waals surface area contributed by atoms with Gasteiger partial charge in [-0.15, -0.1) is 11.8 Å². The van der Waals surface area contributed by atoms with Crippen LogP contribution in [0.5, 0.6) is 5.75 Å². The van der Waals surface area contributed by atoms with E-state index in [1.807, 2.05) is 24.3 Å². The van der Waals surface area contributed by atoms with Gasteiger partial charge in [0.2, 0.25) is 5.91 Å². The highest BCUT2D eigenvalue weighted by Gasteiger charge is 2.23. The molecule has 1 amide bonds. The van der Waals surface area contributed by atoms with Crippen molar-refractivity contribution >= 4 is 23.4 Å². The van der Waals surface area contributed by atoms with Crippen LogP contribution in [0.4, 0.5) is 5.69 Å². The highest BCUT2D eigenvalue weighted by Crippen LogP contribution is 2.29. The zero-order chi connectivity index (χ0) is 13.1. The molecule has 0 spiro atoms. The third-order valence-electron chi connectivity index (χ3n) is 3.34. The minimum Gasteiger partial charge on any atom is -0.493 e. The molecule has 1 atom stereocenters. The molecular formula is C14H18N2O2S. The molecule has 2 N–H and O–H groups in total. The van der Waals surface area contributed by atoms with Gasteiger partial charge in [-0.1, -0.05) is 0 Å². The van der Waals surface area contributed by atoms with Gasteiger partial charge in [0.05, 0.1) is 12.6 Å². The molecule has 0 radical (unpaired) electrons. The molecule has 1 aromatic rings. The minimum absolute atomic E-state index is 0.0386. The van der Waals surface area contributed by atoms with Crippen molar-refractivity contribution in [2.75, 3.05) is 23.6 Å². The van der Waals surface area contributed by atoms with Gasteiger partial charge in [0, 0.05) is 17.3 Å². The third-order valence-corrected chi connectivity index (χ3v) is 4.28. The normalized spacial score (nSPS) is 22.2. The predicted molar refractivity (Wildman–Crippen MR) is 77.5 cm³/mol. The van der Waals surface area contributed by atoms with Gasteiger partial charge in [0.1, 0.15) is 5.75 Å². The van der Waals surface area contributed by atoms with Crippen molar-refractivity contribution in [2.24, 2.45) is 5.92 Å². The van der Waals surface area contributed by atoms with E-state index in [9.17, 15) is 4.79 Å². The molecule has 102 valence electrons. The Morgan fingerprint density at radius 3 is 2.79 bits per heavy atom. The molecular weight excluding hydrogens is 260 g/mol. The van der Waals surface area contributed by atoms with Crippen molar-refractivity contribution in [2.45, 2.75) is 18.9 Å². The van der Waals surface area contributed by atoms with E-state index in [2.05, 4.69) is 10.6 Å². The Hall–Kier alpha value is -1.20. The Morgan fingerprint density at radius 1 is 1.37 bits per heavy atom. The fraction of sp³-hybridized carbons (Fsp3) is 0.500. The summed E-state index contributed by atoms with van der Waals surface area (Å²) in [5.41, 5.74) is 0.822. The molecule has 1 aromatic carbocycles. The van der Waals surface area contributed by atoms with E-state index in [4.69, 9.17) is 4.74 Å². The van der Waals surface area contributed by atoms with Crippen LogP contribution in [-0.2, 0) is 4.79 Å². The first-order valence-electron chi connectivity index (χ1n) is 6.66. The van der Waals surface area contributed by atoms with Gasteiger partial charge in [-0.25, -0.2) is 0 Å². The van der Waals surface area contributed by atoms with Gasteiger partial charge in [-0.3, -0.25) is 10.1 Å². The van der Waals surface area contributed by atoms with Gasteiger partial charge in [-0.05, 0) is 43.0 Å². The van der Waals surface area contributed by atoms with Gasteiger partial charge >= 0.3 is 0 Å². The van der Waals surface area contributed by atoms with E-state index in [1.165, 1.54) is 12.8 Å². The molecule has 1 aliphatic heterocycles. The summed E-state index contributed by atoms with van der Waals surface area (Å²) < 4.78 is 5.66. The zero-order valence-corrected chi connectivity index (χ0v) is 11.5. The lowest BCUT2D eigenvalue weighted by Crippen LogP contribution is -2.37. The second-order valence-corrected chi connectivity index (χ2v) is 6.07. The molecule has 1 unspecified atom stereocenters. The fourth-order valence-electron chi connectivity index (χ4n) is 1.93. The van der Waals surface area contributed by atoms with Crippen LogP contribution in [0.2, 0.25) is 0 Å².